The molecule has 5 heteroatoms. The minimum atomic E-state index is -1.03. The van der Waals surface area contributed by atoms with E-state index in [1.54, 1.807) is 37.4 Å². The van der Waals surface area contributed by atoms with Crippen LogP contribution in [0.25, 0.3) is 11.3 Å². The van der Waals surface area contributed by atoms with Crippen molar-refractivity contribution in [3.63, 3.8) is 0 Å². The second-order valence-corrected chi connectivity index (χ2v) is 3.71. The summed E-state index contributed by atoms with van der Waals surface area (Å²) < 4.78 is 5.01. The Morgan fingerprint density at radius 1 is 1.33 bits per heavy atom. The van der Waals surface area contributed by atoms with Gasteiger partial charge >= 0.3 is 5.97 Å². The second kappa shape index (κ2) is 4.83. The maximum absolute atomic E-state index is 11.1. The third-order valence-electron chi connectivity index (χ3n) is 2.50. The maximum atomic E-state index is 11.1. The summed E-state index contributed by atoms with van der Waals surface area (Å²) in [4.78, 5) is 19.4. The molecule has 0 aliphatic rings. The lowest BCUT2D eigenvalue weighted by Gasteiger charge is -2.07. The van der Waals surface area contributed by atoms with E-state index in [0.717, 1.165) is 5.56 Å². The number of nitrogens with zero attached hydrogens (tertiary/aromatic N) is 2. The van der Waals surface area contributed by atoms with E-state index in [9.17, 15) is 4.79 Å². The number of aryl methyl sites for hydroxylation is 1. The lowest BCUT2D eigenvalue weighted by atomic mass is 10.1. The molecule has 0 radical (unpaired) electrons. The molecule has 0 saturated carbocycles. The average Bonchev–Trinajstić information content (AvgIpc) is 2.38. The minimum absolute atomic E-state index is 0.117. The van der Waals surface area contributed by atoms with Gasteiger partial charge in [-0.2, -0.15) is 0 Å². The van der Waals surface area contributed by atoms with Crippen LogP contribution in [0.5, 0.6) is 5.75 Å². The van der Waals surface area contributed by atoms with Crippen molar-refractivity contribution in [3.05, 3.63) is 41.9 Å². The summed E-state index contributed by atoms with van der Waals surface area (Å²) in [6.07, 6.45) is 1.64. The van der Waals surface area contributed by atoms with E-state index < -0.39 is 5.97 Å². The Morgan fingerprint density at radius 2 is 2.11 bits per heavy atom. The predicted molar refractivity (Wildman–Crippen MR) is 65.7 cm³/mol. The summed E-state index contributed by atoms with van der Waals surface area (Å²) in [5.74, 6) is -0.0586. The highest BCUT2D eigenvalue weighted by atomic mass is 16.5. The first-order chi connectivity index (χ1) is 8.61. The summed E-state index contributed by atoms with van der Waals surface area (Å²) in [6.45, 7) is 1.78. The Labute approximate surface area is 104 Å². The van der Waals surface area contributed by atoms with Gasteiger partial charge in [0.25, 0.3) is 0 Å². The van der Waals surface area contributed by atoms with Gasteiger partial charge in [0.15, 0.2) is 0 Å². The summed E-state index contributed by atoms with van der Waals surface area (Å²) in [6, 6.07) is 6.67. The smallest absolute Gasteiger partial charge is 0.339 e. The van der Waals surface area contributed by atoms with Gasteiger partial charge in [0.05, 0.1) is 12.8 Å². The topological polar surface area (TPSA) is 72.3 Å². The van der Waals surface area contributed by atoms with Crippen molar-refractivity contribution in [1.82, 2.24) is 9.97 Å². The van der Waals surface area contributed by atoms with Gasteiger partial charge in [0.2, 0.25) is 0 Å². The molecule has 0 spiro atoms. The SMILES string of the molecule is COc1ccc(-c2ccnc(C)n2)cc1C(=O)O. The molecule has 0 aliphatic carbocycles. The Kier molecular flexibility index (Phi) is 3.23. The van der Waals surface area contributed by atoms with Crippen molar-refractivity contribution < 1.29 is 14.6 Å². The number of aromatic nitrogens is 2. The molecule has 5 nitrogen and oxygen atoms in total. The van der Waals surface area contributed by atoms with E-state index in [2.05, 4.69) is 9.97 Å². The molecule has 18 heavy (non-hydrogen) atoms. The number of aromatic carboxylic acids is 1. The number of carboxylic acids is 1. The van der Waals surface area contributed by atoms with E-state index in [1.165, 1.54) is 7.11 Å². The van der Waals surface area contributed by atoms with Crippen molar-refractivity contribution in [1.29, 1.82) is 0 Å². The highest BCUT2D eigenvalue weighted by molar-refractivity contribution is 5.92. The van der Waals surface area contributed by atoms with Crippen molar-refractivity contribution in [2.75, 3.05) is 7.11 Å². The van der Waals surface area contributed by atoms with Gasteiger partial charge < -0.3 is 9.84 Å². The van der Waals surface area contributed by atoms with Crippen molar-refractivity contribution in [2.45, 2.75) is 6.92 Å². The molecule has 0 aliphatic heterocycles. The third-order valence-corrected chi connectivity index (χ3v) is 2.50. The van der Waals surface area contributed by atoms with Gasteiger partial charge in [-0.25, -0.2) is 14.8 Å². The molecule has 0 fully saturated rings. The van der Waals surface area contributed by atoms with Crippen LogP contribution >= 0.6 is 0 Å². The fourth-order valence-electron chi connectivity index (χ4n) is 1.65. The van der Waals surface area contributed by atoms with E-state index in [-0.39, 0.29) is 5.56 Å². The molecule has 2 aromatic rings. The van der Waals surface area contributed by atoms with Crippen LogP contribution < -0.4 is 4.74 Å². The highest BCUT2D eigenvalue weighted by Crippen LogP contribution is 2.25. The zero-order valence-electron chi connectivity index (χ0n) is 10.0. The molecule has 92 valence electrons. The van der Waals surface area contributed by atoms with E-state index >= 15 is 0 Å². The molecule has 1 aromatic heterocycles. The number of hydrogen-bond donors (Lipinski definition) is 1. The van der Waals surface area contributed by atoms with Crippen LogP contribution in [0.2, 0.25) is 0 Å². The van der Waals surface area contributed by atoms with Crippen molar-refractivity contribution >= 4 is 5.97 Å². The van der Waals surface area contributed by atoms with Gasteiger partial charge in [0.1, 0.15) is 17.1 Å². The van der Waals surface area contributed by atoms with Crippen LogP contribution in [0.1, 0.15) is 16.2 Å². The normalized spacial score (nSPS) is 10.1. The molecule has 0 atom stereocenters. The molecule has 1 N–H and O–H groups in total. The number of carbonyl (C=O) groups is 1. The Hall–Kier alpha value is -2.43. The zero-order valence-corrected chi connectivity index (χ0v) is 10.0. The molecule has 0 saturated heterocycles. The Morgan fingerprint density at radius 3 is 2.72 bits per heavy atom. The number of methoxy groups -OCH3 is 1. The molecule has 0 bridgehead atoms. The highest BCUT2D eigenvalue weighted by Gasteiger charge is 2.12. The first-order valence-electron chi connectivity index (χ1n) is 5.33. The summed E-state index contributed by atoms with van der Waals surface area (Å²) in [7, 11) is 1.44. The summed E-state index contributed by atoms with van der Waals surface area (Å²) in [5.41, 5.74) is 1.53. The molecule has 1 aromatic carbocycles. The van der Waals surface area contributed by atoms with E-state index in [0.29, 0.717) is 17.3 Å². The number of rotatable bonds is 3. The third kappa shape index (κ3) is 2.29. The predicted octanol–water partition coefficient (Wildman–Crippen LogP) is 2.16. The lowest BCUT2D eigenvalue weighted by Crippen LogP contribution is -2.01. The molecule has 0 amide bonds. The molecular weight excluding hydrogens is 232 g/mol. The van der Waals surface area contributed by atoms with Gasteiger partial charge in [-0.05, 0) is 31.2 Å². The summed E-state index contributed by atoms with van der Waals surface area (Å²) in [5, 5.41) is 9.11. The standard InChI is InChI=1S/C13H12N2O3/c1-8-14-6-5-11(15-8)9-3-4-12(18-2)10(7-9)13(16)17/h3-7H,1-2H3,(H,16,17). The van der Waals surface area contributed by atoms with Gasteiger partial charge in [-0.3, -0.25) is 0 Å². The van der Waals surface area contributed by atoms with Gasteiger partial charge in [-0.1, -0.05) is 0 Å². The van der Waals surface area contributed by atoms with Crippen LogP contribution in [0.3, 0.4) is 0 Å². The van der Waals surface area contributed by atoms with Crippen molar-refractivity contribution in [2.24, 2.45) is 0 Å². The molecule has 0 unspecified atom stereocenters. The van der Waals surface area contributed by atoms with Crippen LogP contribution in [0.4, 0.5) is 0 Å². The average molecular weight is 244 g/mol. The second-order valence-electron chi connectivity index (χ2n) is 3.71. The van der Waals surface area contributed by atoms with Crippen LogP contribution in [0.15, 0.2) is 30.5 Å². The van der Waals surface area contributed by atoms with Gasteiger partial charge in [-0.15, -0.1) is 0 Å². The number of benzene rings is 1. The maximum Gasteiger partial charge on any atom is 0.339 e. The minimum Gasteiger partial charge on any atom is -0.496 e. The molecular formula is C13H12N2O3. The number of hydrogen-bond acceptors (Lipinski definition) is 4. The molecule has 2 rings (SSSR count). The van der Waals surface area contributed by atoms with Gasteiger partial charge in [0, 0.05) is 11.8 Å². The fraction of sp³-hybridized carbons (Fsp3) is 0.154. The summed E-state index contributed by atoms with van der Waals surface area (Å²) >= 11 is 0. The lowest BCUT2D eigenvalue weighted by molar-refractivity contribution is 0.0693. The quantitative estimate of drug-likeness (QED) is 0.895. The van der Waals surface area contributed by atoms with E-state index in [1.807, 2.05) is 0 Å². The first-order valence-corrected chi connectivity index (χ1v) is 5.33. The van der Waals surface area contributed by atoms with Crippen LogP contribution in [0, 0.1) is 6.92 Å². The largest absolute Gasteiger partial charge is 0.496 e. The van der Waals surface area contributed by atoms with E-state index in [4.69, 9.17) is 9.84 Å². The first kappa shape index (κ1) is 12.0. The number of ether oxygens (including phenoxy) is 1. The molecule has 1 heterocycles. The van der Waals surface area contributed by atoms with Crippen LogP contribution in [-0.2, 0) is 0 Å². The van der Waals surface area contributed by atoms with Crippen LogP contribution in [-0.4, -0.2) is 28.2 Å². The zero-order chi connectivity index (χ0) is 13.1. The monoisotopic (exact) mass is 244 g/mol. The number of carboxylic acid groups (broad SMARTS) is 1. The van der Waals surface area contributed by atoms with Crippen molar-refractivity contribution in [3.8, 4) is 17.0 Å². The Bertz CT molecular complexity index is 597. The Balaban J connectivity index is 2.53. The fourth-order valence-corrected chi connectivity index (χ4v) is 1.65.